The molecule has 2 aromatic carbocycles. The SMILES string of the molecule is Cc1cc(F)c(Br)cc1N=C(NN)Nc1ccccc1. The van der Waals surface area contributed by atoms with Crippen LogP contribution in [0.4, 0.5) is 15.8 Å². The van der Waals surface area contributed by atoms with Crippen LogP contribution in [0.1, 0.15) is 5.56 Å². The van der Waals surface area contributed by atoms with Crippen LogP contribution in [-0.2, 0) is 0 Å². The van der Waals surface area contributed by atoms with Crippen LogP contribution >= 0.6 is 15.9 Å². The predicted molar refractivity (Wildman–Crippen MR) is 83.3 cm³/mol. The number of nitrogens with zero attached hydrogens (tertiary/aromatic N) is 1. The molecule has 0 heterocycles. The monoisotopic (exact) mass is 336 g/mol. The van der Waals surface area contributed by atoms with Crippen molar-refractivity contribution in [1.82, 2.24) is 5.43 Å². The summed E-state index contributed by atoms with van der Waals surface area (Å²) in [6.45, 7) is 1.78. The van der Waals surface area contributed by atoms with E-state index in [0.29, 0.717) is 21.7 Å². The molecule has 0 saturated heterocycles. The lowest BCUT2D eigenvalue weighted by atomic mass is 10.2. The highest BCUT2D eigenvalue weighted by Gasteiger charge is 2.06. The Morgan fingerprint density at radius 3 is 2.60 bits per heavy atom. The quantitative estimate of drug-likeness (QED) is 0.340. The third-order valence-corrected chi connectivity index (χ3v) is 3.25. The Balaban J connectivity index is 2.29. The van der Waals surface area contributed by atoms with Gasteiger partial charge < -0.3 is 5.32 Å². The van der Waals surface area contributed by atoms with Crippen LogP contribution in [-0.4, -0.2) is 5.96 Å². The number of benzene rings is 2. The molecular weight excluding hydrogens is 323 g/mol. The van der Waals surface area contributed by atoms with Crippen LogP contribution in [0.2, 0.25) is 0 Å². The largest absolute Gasteiger partial charge is 0.325 e. The number of aliphatic imine (C=N–C) groups is 1. The number of hydrazine groups is 1. The van der Waals surface area contributed by atoms with E-state index in [1.165, 1.54) is 6.07 Å². The molecule has 0 aliphatic carbocycles. The molecule has 0 aromatic heterocycles. The zero-order chi connectivity index (χ0) is 14.5. The summed E-state index contributed by atoms with van der Waals surface area (Å²) in [4.78, 5) is 4.35. The molecule has 0 spiro atoms. The fourth-order valence-electron chi connectivity index (χ4n) is 1.63. The number of para-hydroxylation sites is 1. The molecule has 6 heteroatoms. The Morgan fingerprint density at radius 1 is 1.25 bits per heavy atom. The van der Waals surface area contributed by atoms with Crippen molar-refractivity contribution < 1.29 is 4.39 Å². The van der Waals surface area contributed by atoms with Gasteiger partial charge in [-0.15, -0.1) is 0 Å². The number of rotatable bonds is 2. The second kappa shape index (κ2) is 6.49. The highest BCUT2D eigenvalue weighted by atomic mass is 79.9. The lowest BCUT2D eigenvalue weighted by Crippen LogP contribution is -2.36. The normalized spacial score (nSPS) is 11.3. The van der Waals surface area contributed by atoms with Gasteiger partial charge >= 0.3 is 0 Å². The first-order valence-corrected chi connectivity index (χ1v) is 6.72. The van der Waals surface area contributed by atoms with Gasteiger partial charge in [-0.2, -0.15) is 0 Å². The highest BCUT2D eigenvalue weighted by Crippen LogP contribution is 2.26. The zero-order valence-electron chi connectivity index (χ0n) is 10.8. The van der Waals surface area contributed by atoms with Gasteiger partial charge in [-0.1, -0.05) is 18.2 Å². The Morgan fingerprint density at radius 2 is 1.95 bits per heavy atom. The van der Waals surface area contributed by atoms with Gasteiger partial charge in [0.1, 0.15) is 5.82 Å². The molecule has 0 fully saturated rings. The molecule has 104 valence electrons. The number of hydrogen-bond donors (Lipinski definition) is 3. The van der Waals surface area contributed by atoms with Crippen molar-refractivity contribution in [2.45, 2.75) is 6.92 Å². The second-order valence-electron chi connectivity index (χ2n) is 4.15. The summed E-state index contributed by atoms with van der Waals surface area (Å²) in [5.41, 5.74) is 4.68. The van der Waals surface area contributed by atoms with E-state index in [2.05, 4.69) is 31.7 Å². The first-order valence-electron chi connectivity index (χ1n) is 5.93. The van der Waals surface area contributed by atoms with Crippen LogP contribution in [0.3, 0.4) is 0 Å². The maximum absolute atomic E-state index is 13.4. The van der Waals surface area contributed by atoms with Crippen molar-refractivity contribution in [2.24, 2.45) is 10.8 Å². The second-order valence-corrected chi connectivity index (χ2v) is 5.00. The van der Waals surface area contributed by atoms with Gasteiger partial charge in [0.25, 0.3) is 0 Å². The fourth-order valence-corrected chi connectivity index (χ4v) is 1.96. The molecule has 0 radical (unpaired) electrons. The van der Waals surface area contributed by atoms with Gasteiger partial charge in [-0.25, -0.2) is 15.2 Å². The third kappa shape index (κ3) is 3.55. The maximum Gasteiger partial charge on any atom is 0.215 e. The number of halogens is 2. The molecule has 2 aromatic rings. The summed E-state index contributed by atoms with van der Waals surface area (Å²) in [7, 11) is 0. The zero-order valence-corrected chi connectivity index (χ0v) is 12.4. The first-order chi connectivity index (χ1) is 9.60. The Labute approximate surface area is 125 Å². The van der Waals surface area contributed by atoms with Gasteiger partial charge in [0, 0.05) is 5.69 Å². The Bertz CT molecular complexity index is 629. The first kappa shape index (κ1) is 14.5. The van der Waals surface area contributed by atoms with Crippen molar-refractivity contribution in [2.75, 3.05) is 5.32 Å². The van der Waals surface area contributed by atoms with Gasteiger partial charge in [-0.05, 0) is 52.7 Å². The van der Waals surface area contributed by atoms with Crippen LogP contribution in [0.25, 0.3) is 0 Å². The standard InChI is InChI=1S/C14H14BrFN4/c1-9-7-12(16)11(15)8-13(9)19-14(20-17)18-10-5-3-2-4-6-10/h2-8H,17H2,1H3,(H2,18,19,20). The number of guanidine groups is 1. The summed E-state index contributed by atoms with van der Waals surface area (Å²) < 4.78 is 13.7. The molecule has 4 nitrogen and oxygen atoms in total. The van der Waals surface area contributed by atoms with Gasteiger partial charge in [-0.3, -0.25) is 5.43 Å². The molecule has 0 amide bonds. The Kier molecular flexibility index (Phi) is 4.70. The predicted octanol–water partition coefficient (Wildman–Crippen LogP) is 3.46. The van der Waals surface area contributed by atoms with Crippen molar-refractivity contribution in [3.05, 3.63) is 58.3 Å². The van der Waals surface area contributed by atoms with E-state index in [1.807, 2.05) is 30.3 Å². The number of anilines is 1. The number of nitrogens with two attached hydrogens (primary N) is 1. The summed E-state index contributed by atoms with van der Waals surface area (Å²) in [5.74, 6) is 5.51. The lowest BCUT2D eigenvalue weighted by molar-refractivity contribution is 0.620. The summed E-state index contributed by atoms with van der Waals surface area (Å²) in [6, 6.07) is 12.5. The molecule has 0 saturated carbocycles. The minimum atomic E-state index is -0.320. The summed E-state index contributed by atoms with van der Waals surface area (Å²) in [5, 5.41) is 3.04. The van der Waals surface area contributed by atoms with Crippen molar-refractivity contribution in [3.8, 4) is 0 Å². The van der Waals surface area contributed by atoms with E-state index in [0.717, 1.165) is 5.69 Å². The fraction of sp³-hybridized carbons (Fsp3) is 0.0714. The van der Waals surface area contributed by atoms with Crippen LogP contribution in [0, 0.1) is 12.7 Å². The lowest BCUT2D eigenvalue weighted by Gasteiger charge is -2.10. The van der Waals surface area contributed by atoms with Crippen molar-refractivity contribution in [3.63, 3.8) is 0 Å². The van der Waals surface area contributed by atoms with Crippen LogP contribution in [0.5, 0.6) is 0 Å². The smallest absolute Gasteiger partial charge is 0.215 e. The number of aryl methyl sites for hydroxylation is 1. The number of nitrogens with one attached hydrogen (secondary N) is 2. The van der Waals surface area contributed by atoms with E-state index >= 15 is 0 Å². The van der Waals surface area contributed by atoms with E-state index in [9.17, 15) is 4.39 Å². The third-order valence-electron chi connectivity index (χ3n) is 2.64. The van der Waals surface area contributed by atoms with Gasteiger partial charge in [0.15, 0.2) is 0 Å². The molecule has 0 bridgehead atoms. The van der Waals surface area contributed by atoms with Crippen molar-refractivity contribution >= 4 is 33.3 Å². The van der Waals surface area contributed by atoms with E-state index in [-0.39, 0.29) is 5.82 Å². The topological polar surface area (TPSA) is 62.4 Å². The molecule has 0 aliphatic rings. The number of hydrogen-bond acceptors (Lipinski definition) is 2. The molecule has 4 N–H and O–H groups in total. The van der Waals surface area contributed by atoms with Gasteiger partial charge in [0.05, 0.1) is 10.2 Å². The van der Waals surface area contributed by atoms with Crippen LogP contribution in [0.15, 0.2) is 51.9 Å². The molecule has 20 heavy (non-hydrogen) atoms. The minimum Gasteiger partial charge on any atom is -0.325 e. The van der Waals surface area contributed by atoms with E-state index in [1.54, 1.807) is 13.0 Å². The van der Waals surface area contributed by atoms with Crippen molar-refractivity contribution in [1.29, 1.82) is 0 Å². The highest BCUT2D eigenvalue weighted by molar-refractivity contribution is 9.10. The minimum absolute atomic E-state index is 0.320. The molecule has 2 rings (SSSR count). The average Bonchev–Trinajstić information content (AvgIpc) is 2.45. The average molecular weight is 337 g/mol. The molecule has 0 aliphatic heterocycles. The molecule has 0 atom stereocenters. The van der Waals surface area contributed by atoms with Crippen LogP contribution < -0.4 is 16.6 Å². The summed E-state index contributed by atoms with van der Waals surface area (Å²) in [6.07, 6.45) is 0. The van der Waals surface area contributed by atoms with Gasteiger partial charge in [0.2, 0.25) is 5.96 Å². The van der Waals surface area contributed by atoms with E-state index in [4.69, 9.17) is 5.84 Å². The molecule has 0 unspecified atom stereocenters. The maximum atomic E-state index is 13.4. The van der Waals surface area contributed by atoms with E-state index < -0.39 is 0 Å². The Hall–Kier alpha value is -1.92. The summed E-state index contributed by atoms with van der Waals surface area (Å²) >= 11 is 3.14. The molecular formula is C14H14BrFN4.